The highest BCUT2D eigenvalue weighted by Gasteiger charge is 2.25. The van der Waals surface area contributed by atoms with Gasteiger partial charge in [0.15, 0.2) is 0 Å². The van der Waals surface area contributed by atoms with Crippen LogP contribution >= 0.6 is 0 Å². The minimum atomic E-state index is -3.13. The lowest BCUT2D eigenvalue weighted by molar-refractivity contribution is 0.221. The van der Waals surface area contributed by atoms with E-state index in [1.54, 1.807) is 6.20 Å². The van der Waals surface area contributed by atoms with Gasteiger partial charge < -0.3 is 19.1 Å². The summed E-state index contributed by atoms with van der Waals surface area (Å²) in [7, 11) is -3.13. The Morgan fingerprint density at radius 1 is 1.09 bits per heavy atom. The molecule has 0 radical (unpaired) electrons. The largest absolute Gasteiger partial charge is 0.492 e. The highest BCUT2D eigenvalue weighted by atomic mass is 32.2. The number of piperazine rings is 1. The maximum atomic E-state index is 11.7. The molecule has 0 aromatic carbocycles. The van der Waals surface area contributed by atoms with E-state index in [0.717, 1.165) is 37.5 Å². The van der Waals surface area contributed by atoms with Gasteiger partial charge in [0, 0.05) is 45.2 Å². The monoisotopic (exact) mass is 464 g/mol. The fourth-order valence-corrected chi connectivity index (χ4v) is 4.82. The third-order valence-corrected chi connectivity index (χ3v) is 7.36. The minimum Gasteiger partial charge on any atom is -0.492 e. The molecule has 32 heavy (non-hydrogen) atoms. The second-order valence-electron chi connectivity index (χ2n) is 8.83. The highest BCUT2D eigenvalue weighted by Crippen LogP contribution is 2.24. The van der Waals surface area contributed by atoms with Crippen molar-refractivity contribution in [1.82, 2.24) is 19.4 Å². The van der Waals surface area contributed by atoms with Crippen LogP contribution in [-0.4, -0.2) is 80.0 Å². The molecule has 11 heteroatoms. The number of hydrogen-bond acceptors (Lipinski definition) is 9. The summed E-state index contributed by atoms with van der Waals surface area (Å²) < 4.78 is 36.1. The standard InChI is InChI=1S/C21H32N6O4S/c1-16(2)20-23-21(24-31-20)26-8-6-17(7-9-26)15-30-18-4-5-19(22-14-18)25-10-12-27(13-11-25)32(3,28)29/h4-5,14,16-17H,6-13,15H2,1-3H3. The van der Waals surface area contributed by atoms with Crippen LogP contribution in [0.25, 0.3) is 0 Å². The van der Waals surface area contributed by atoms with Crippen LogP contribution in [0.1, 0.15) is 38.5 Å². The first-order valence-corrected chi connectivity index (χ1v) is 13.0. The maximum Gasteiger partial charge on any atom is 0.266 e. The van der Waals surface area contributed by atoms with Gasteiger partial charge in [-0.2, -0.15) is 9.29 Å². The molecule has 0 spiro atoms. The summed E-state index contributed by atoms with van der Waals surface area (Å²) in [6, 6.07) is 3.88. The lowest BCUT2D eigenvalue weighted by Crippen LogP contribution is -2.48. The molecule has 0 unspecified atom stereocenters. The molecular weight excluding hydrogens is 432 g/mol. The number of rotatable bonds is 7. The predicted molar refractivity (Wildman–Crippen MR) is 122 cm³/mol. The molecule has 2 aliphatic rings. The smallest absolute Gasteiger partial charge is 0.266 e. The van der Waals surface area contributed by atoms with Crippen molar-refractivity contribution in [2.75, 3.05) is 61.9 Å². The number of anilines is 2. The Balaban J connectivity index is 1.21. The second-order valence-corrected chi connectivity index (χ2v) is 10.8. The number of piperidine rings is 1. The van der Waals surface area contributed by atoms with Crippen LogP contribution < -0.4 is 14.5 Å². The van der Waals surface area contributed by atoms with Crippen molar-refractivity contribution in [3.05, 3.63) is 24.2 Å². The van der Waals surface area contributed by atoms with E-state index in [9.17, 15) is 8.42 Å². The van der Waals surface area contributed by atoms with Gasteiger partial charge in [0.05, 0.1) is 19.1 Å². The molecule has 2 saturated heterocycles. The van der Waals surface area contributed by atoms with Crippen LogP contribution in [-0.2, 0) is 10.0 Å². The van der Waals surface area contributed by atoms with E-state index in [0.29, 0.717) is 50.5 Å². The summed E-state index contributed by atoms with van der Waals surface area (Å²) in [5.74, 6) is 3.68. The van der Waals surface area contributed by atoms with Crippen molar-refractivity contribution in [2.45, 2.75) is 32.6 Å². The van der Waals surface area contributed by atoms with Gasteiger partial charge in [0.1, 0.15) is 11.6 Å². The molecule has 2 aromatic heterocycles. The Hall–Kier alpha value is -2.40. The van der Waals surface area contributed by atoms with E-state index in [-0.39, 0.29) is 5.92 Å². The van der Waals surface area contributed by atoms with Gasteiger partial charge in [0.25, 0.3) is 5.95 Å². The molecule has 2 aliphatic heterocycles. The van der Waals surface area contributed by atoms with Gasteiger partial charge in [-0.05, 0) is 36.0 Å². The minimum absolute atomic E-state index is 0.235. The Labute approximate surface area is 189 Å². The Morgan fingerprint density at radius 3 is 2.38 bits per heavy atom. The lowest BCUT2D eigenvalue weighted by Gasteiger charge is -2.34. The van der Waals surface area contributed by atoms with Gasteiger partial charge in [-0.25, -0.2) is 13.4 Å². The molecule has 176 valence electrons. The number of aromatic nitrogens is 3. The first-order chi connectivity index (χ1) is 15.3. The van der Waals surface area contributed by atoms with Crippen LogP contribution in [0.2, 0.25) is 0 Å². The van der Waals surface area contributed by atoms with E-state index in [4.69, 9.17) is 9.26 Å². The molecule has 0 bridgehead atoms. The third-order valence-electron chi connectivity index (χ3n) is 6.06. The van der Waals surface area contributed by atoms with Crippen molar-refractivity contribution >= 4 is 21.8 Å². The van der Waals surface area contributed by atoms with Crippen molar-refractivity contribution in [3.8, 4) is 5.75 Å². The zero-order valence-corrected chi connectivity index (χ0v) is 19.8. The Morgan fingerprint density at radius 2 is 1.81 bits per heavy atom. The van der Waals surface area contributed by atoms with Gasteiger partial charge in [-0.3, -0.25) is 0 Å². The molecule has 0 aliphatic carbocycles. The topological polar surface area (TPSA) is 105 Å². The zero-order valence-electron chi connectivity index (χ0n) is 19.0. The fourth-order valence-electron chi connectivity index (χ4n) is 4.00. The number of sulfonamides is 1. The average Bonchev–Trinajstić information content (AvgIpc) is 3.29. The summed E-state index contributed by atoms with van der Waals surface area (Å²) >= 11 is 0. The summed E-state index contributed by atoms with van der Waals surface area (Å²) in [5.41, 5.74) is 0. The summed E-state index contributed by atoms with van der Waals surface area (Å²) in [6.07, 6.45) is 5.04. The van der Waals surface area contributed by atoms with Crippen molar-refractivity contribution in [2.24, 2.45) is 5.92 Å². The molecule has 4 rings (SSSR count). The quantitative estimate of drug-likeness (QED) is 0.608. The normalized spacial score (nSPS) is 19.0. The molecule has 0 amide bonds. The van der Waals surface area contributed by atoms with Crippen LogP contribution in [0.4, 0.5) is 11.8 Å². The molecule has 0 saturated carbocycles. The average molecular weight is 465 g/mol. The van der Waals surface area contributed by atoms with Crippen molar-refractivity contribution in [1.29, 1.82) is 0 Å². The Kier molecular flexibility index (Phi) is 6.85. The molecule has 2 aromatic rings. The molecular formula is C21H32N6O4S. The molecule has 2 fully saturated rings. The number of nitrogens with zero attached hydrogens (tertiary/aromatic N) is 6. The zero-order chi connectivity index (χ0) is 22.7. The second kappa shape index (κ2) is 9.62. The van der Waals surface area contributed by atoms with E-state index in [2.05, 4.69) is 24.9 Å². The van der Waals surface area contributed by atoms with Crippen LogP contribution in [0.3, 0.4) is 0 Å². The van der Waals surface area contributed by atoms with E-state index >= 15 is 0 Å². The van der Waals surface area contributed by atoms with Crippen molar-refractivity contribution in [3.63, 3.8) is 0 Å². The molecule has 0 N–H and O–H groups in total. The number of hydrogen-bond donors (Lipinski definition) is 0. The van der Waals surface area contributed by atoms with E-state index < -0.39 is 10.0 Å². The first-order valence-electron chi connectivity index (χ1n) is 11.2. The van der Waals surface area contributed by atoms with Crippen LogP contribution in [0, 0.1) is 5.92 Å². The molecule has 4 heterocycles. The molecule has 10 nitrogen and oxygen atoms in total. The van der Waals surface area contributed by atoms with Gasteiger partial charge in [-0.15, -0.1) is 0 Å². The lowest BCUT2D eigenvalue weighted by atomic mass is 9.98. The highest BCUT2D eigenvalue weighted by molar-refractivity contribution is 7.88. The van der Waals surface area contributed by atoms with Crippen LogP contribution in [0.15, 0.2) is 22.9 Å². The van der Waals surface area contributed by atoms with Gasteiger partial charge >= 0.3 is 0 Å². The van der Waals surface area contributed by atoms with E-state index in [1.165, 1.54) is 10.6 Å². The summed E-state index contributed by atoms with van der Waals surface area (Å²) in [5, 5.41) is 4.11. The Bertz CT molecular complexity index is 978. The predicted octanol–water partition coefficient (Wildman–Crippen LogP) is 1.96. The fraction of sp³-hybridized carbons (Fsp3) is 0.667. The first kappa shape index (κ1) is 22.8. The van der Waals surface area contributed by atoms with Gasteiger partial charge in [0.2, 0.25) is 15.9 Å². The van der Waals surface area contributed by atoms with Crippen molar-refractivity contribution < 1.29 is 17.7 Å². The van der Waals surface area contributed by atoms with Crippen LogP contribution in [0.5, 0.6) is 5.75 Å². The summed E-state index contributed by atoms with van der Waals surface area (Å²) in [4.78, 5) is 13.3. The number of ether oxygens (including phenoxy) is 1. The van der Waals surface area contributed by atoms with E-state index in [1.807, 2.05) is 26.0 Å². The summed E-state index contributed by atoms with van der Waals surface area (Å²) in [6.45, 7) is 8.77. The van der Waals surface area contributed by atoms with Gasteiger partial charge in [-0.1, -0.05) is 13.8 Å². The SMILES string of the molecule is CC(C)c1nc(N2CCC(COc3ccc(N4CCN(S(C)(=O)=O)CC4)nc3)CC2)no1. The third kappa shape index (κ3) is 5.50. The molecule has 0 atom stereocenters. The number of pyridine rings is 1. The maximum absolute atomic E-state index is 11.7.